The van der Waals surface area contributed by atoms with Crippen molar-refractivity contribution in [3.63, 3.8) is 0 Å². The molecule has 1 N–H and O–H groups in total. The van der Waals surface area contributed by atoms with Crippen LogP contribution in [0.5, 0.6) is 0 Å². The zero-order valence-corrected chi connectivity index (χ0v) is 15.6. The second-order valence-electron chi connectivity index (χ2n) is 7.00. The van der Waals surface area contributed by atoms with Crippen LogP contribution in [0.1, 0.15) is 35.7 Å². The molecule has 0 bridgehead atoms. The fourth-order valence-corrected chi connectivity index (χ4v) is 3.62. The molecule has 2 saturated heterocycles. The molecule has 2 aromatic rings. The molecule has 1 amide bonds. The number of aromatic nitrogens is 1. The van der Waals surface area contributed by atoms with Crippen LogP contribution in [0.25, 0.3) is 0 Å². The molecule has 6 heteroatoms. The van der Waals surface area contributed by atoms with Crippen LogP contribution in [0.2, 0.25) is 0 Å². The Morgan fingerprint density at radius 3 is 2.52 bits per heavy atom. The van der Waals surface area contributed by atoms with Gasteiger partial charge in [-0.3, -0.25) is 4.79 Å². The summed E-state index contributed by atoms with van der Waals surface area (Å²) in [5, 5.41) is 2.95. The van der Waals surface area contributed by atoms with Gasteiger partial charge in [0, 0.05) is 43.4 Å². The largest absolute Gasteiger partial charge is 0.356 e. The summed E-state index contributed by atoms with van der Waals surface area (Å²) in [5.74, 6) is 0.284. The lowest BCUT2D eigenvalue weighted by Crippen LogP contribution is -2.45. The molecule has 0 atom stereocenters. The highest BCUT2D eigenvalue weighted by Gasteiger charge is 2.40. The normalized spacial score (nSPS) is 18.6. The van der Waals surface area contributed by atoms with E-state index < -0.39 is 5.79 Å². The van der Waals surface area contributed by atoms with E-state index in [0.717, 1.165) is 43.9 Å². The maximum absolute atomic E-state index is 12.6. The number of aryl methyl sites for hydroxylation is 1. The maximum atomic E-state index is 12.6. The quantitative estimate of drug-likeness (QED) is 0.899. The molecular formula is C21H25N3O3. The van der Waals surface area contributed by atoms with Gasteiger partial charge < -0.3 is 19.7 Å². The molecule has 1 spiro atoms. The fraction of sp³-hybridized carbons (Fsp3) is 0.429. The van der Waals surface area contributed by atoms with Gasteiger partial charge in [-0.25, -0.2) is 4.98 Å². The van der Waals surface area contributed by atoms with Crippen molar-refractivity contribution in [2.24, 2.45) is 0 Å². The van der Waals surface area contributed by atoms with E-state index in [-0.39, 0.29) is 5.91 Å². The number of anilines is 2. The highest BCUT2D eigenvalue weighted by Crippen LogP contribution is 2.32. The molecule has 2 aliphatic rings. The monoisotopic (exact) mass is 367 g/mol. The molecule has 142 valence electrons. The molecule has 2 fully saturated rings. The smallest absolute Gasteiger partial charge is 0.255 e. The van der Waals surface area contributed by atoms with Gasteiger partial charge in [0.25, 0.3) is 5.91 Å². The topological polar surface area (TPSA) is 63.7 Å². The summed E-state index contributed by atoms with van der Waals surface area (Å²) in [4.78, 5) is 19.2. The van der Waals surface area contributed by atoms with E-state index in [9.17, 15) is 4.79 Å². The summed E-state index contributed by atoms with van der Waals surface area (Å²) < 4.78 is 11.6. The van der Waals surface area contributed by atoms with Gasteiger partial charge in [-0.05, 0) is 36.2 Å². The number of carbonyl (C=O) groups is 1. The zero-order valence-electron chi connectivity index (χ0n) is 15.6. The number of hydrogen-bond donors (Lipinski definition) is 1. The van der Waals surface area contributed by atoms with Crippen molar-refractivity contribution >= 4 is 17.4 Å². The average Bonchev–Trinajstić information content (AvgIpc) is 3.17. The molecule has 1 aromatic heterocycles. The summed E-state index contributed by atoms with van der Waals surface area (Å²) in [6, 6.07) is 11.5. The minimum absolute atomic E-state index is 0.126. The van der Waals surface area contributed by atoms with Crippen molar-refractivity contribution in [1.29, 1.82) is 0 Å². The Kier molecular flexibility index (Phi) is 5.09. The van der Waals surface area contributed by atoms with Crippen LogP contribution >= 0.6 is 0 Å². The van der Waals surface area contributed by atoms with Crippen molar-refractivity contribution in [2.45, 2.75) is 32.0 Å². The molecule has 0 aliphatic carbocycles. The Labute approximate surface area is 159 Å². The highest BCUT2D eigenvalue weighted by atomic mass is 16.7. The van der Waals surface area contributed by atoms with E-state index in [0.29, 0.717) is 18.8 Å². The molecule has 0 unspecified atom stereocenters. The summed E-state index contributed by atoms with van der Waals surface area (Å²) in [5.41, 5.74) is 2.65. The lowest BCUT2D eigenvalue weighted by atomic mass is 10.0. The van der Waals surface area contributed by atoms with Crippen molar-refractivity contribution in [3.8, 4) is 0 Å². The van der Waals surface area contributed by atoms with Crippen LogP contribution in [-0.4, -0.2) is 43.0 Å². The van der Waals surface area contributed by atoms with E-state index in [1.54, 1.807) is 12.3 Å². The van der Waals surface area contributed by atoms with Crippen molar-refractivity contribution in [2.75, 3.05) is 36.5 Å². The van der Waals surface area contributed by atoms with Crippen LogP contribution in [0.15, 0.2) is 42.6 Å². The molecule has 4 rings (SSSR count). The Morgan fingerprint density at radius 2 is 1.85 bits per heavy atom. The van der Waals surface area contributed by atoms with Crippen molar-refractivity contribution in [1.82, 2.24) is 4.98 Å². The molecule has 0 radical (unpaired) electrons. The minimum Gasteiger partial charge on any atom is -0.356 e. The molecule has 1 aromatic carbocycles. The maximum Gasteiger partial charge on any atom is 0.255 e. The van der Waals surface area contributed by atoms with Crippen LogP contribution in [0.4, 0.5) is 11.5 Å². The van der Waals surface area contributed by atoms with E-state index >= 15 is 0 Å². The standard InChI is InChI=1S/C21H25N3O3/c1-2-16-3-5-18(6-4-16)23-20(25)17-7-10-22-19(15-17)24-11-8-21(9-12-24)26-13-14-27-21/h3-7,10,15H,2,8-9,11-14H2,1H3,(H,23,25). The highest BCUT2D eigenvalue weighted by molar-refractivity contribution is 6.04. The summed E-state index contributed by atoms with van der Waals surface area (Å²) >= 11 is 0. The number of benzene rings is 1. The minimum atomic E-state index is -0.407. The third kappa shape index (κ3) is 3.96. The van der Waals surface area contributed by atoms with Crippen LogP contribution in [0, 0.1) is 0 Å². The molecule has 0 saturated carbocycles. The Bertz CT molecular complexity index is 791. The first kappa shape index (κ1) is 17.9. The number of hydrogen-bond acceptors (Lipinski definition) is 5. The average molecular weight is 367 g/mol. The van der Waals surface area contributed by atoms with Gasteiger partial charge in [0.05, 0.1) is 13.2 Å². The number of ether oxygens (including phenoxy) is 2. The number of amides is 1. The predicted molar refractivity (Wildman–Crippen MR) is 104 cm³/mol. The van der Waals surface area contributed by atoms with E-state index in [4.69, 9.17) is 9.47 Å². The van der Waals surface area contributed by atoms with Gasteiger partial charge in [0.1, 0.15) is 5.82 Å². The molecule has 6 nitrogen and oxygen atoms in total. The van der Waals surface area contributed by atoms with Crippen LogP contribution < -0.4 is 10.2 Å². The lowest BCUT2D eigenvalue weighted by molar-refractivity contribution is -0.169. The first-order valence-corrected chi connectivity index (χ1v) is 9.57. The van der Waals surface area contributed by atoms with Gasteiger partial charge in [0.2, 0.25) is 0 Å². The zero-order chi connectivity index (χ0) is 18.7. The van der Waals surface area contributed by atoms with E-state index in [1.165, 1.54) is 5.56 Å². The molecule has 3 heterocycles. The number of piperidine rings is 1. The van der Waals surface area contributed by atoms with Gasteiger partial charge in [0.15, 0.2) is 5.79 Å². The number of nitrogens with zero attached hydrogens (tertiary/aromatic N) is 2. The SMILES string of the molecule is CCc1ccc(NC(=O)c2ccnc(N3CCC4(CC3)OCCO4)c2)cc1. The first-order valence-electron chi connectivity index (χ1n) is 9.57. The number of carbonyl (C=O) groups excluding carboxylic acids is 1. The predicted octanol–water partition coefficient (Wildman–Crippen LogP) is 3.24. The summed E-state index contributed by atoms with van der Waals surface area (Å²) in [6.45, 7) is 5.06. The lowest BCUT2D eigenvalue weighted by Gasteiger charge is -2.38. The van der Waals surface area contributed by atoms with Crippen LogP contribution in [-0.2, 0) is 15.9 Å². The van der Waals surface area contributed by atoms with Crippen LogP contribution in [0.3, 0.4) is 0 Å². The van der Waals surface area contributed by atoms with Gasteiger partial charge in [-0.2, -0.15) is 0 Å². The van der Waals surface area contributed by atoms with Crippen molar-refractivity contribution in [3.05, 3.63) is 53.7 Å². The van der Waals surface area contributed by atoms with Gasteiger partial charge in [-0.1, -0.05) is 19.1 Å². The molecular weight excluding hydrogens is 342 g/mol. The fourth-order valence-electron chi connectivity index (χ4n) is 3.62. The van der Waals surface area contributed by atoms with E-state index in [1.807, 2.05) is 30.3 Å². The summed E-state index contributed by atoms with van der Waals surface area (Å²) in [7, 11) is 0. The van der Waals surface area contributed by atoms with Crippen molar-refractivity contribution < 1.29 is 14.3 Å². The van der Waals surface area contributed by atoms with Gasteiger partial charge in [-0.15, -0.1) is 0 Å². The Balaban J connectivity index is 1.41. The third-order valence-corrected chi connectivity index (χ3v) is 5.29. The second kappa shape index (κ2) is 7.66. The van der Waals surface area contributed by atoms with Gasteiger partial charge >= 0.3 is 0 Å². The second-order valence-corrected chi connectivity index (χ2v) is 7.00. The van der Waals surface area contributed by atoms with E-state index in [2.05, 4.69) is 22.1 Å². The molecule has 27 heavy (non-hydrogen) atoms. The summed E-state index contributed by atoms with van der Waals surface area (Å²) in [6.07, 6.45) is 4.30. The number of rotatable bonds is 4. The number of nitrogens with one attached hydrogen (secondary N) is 1. The third-order valence-electron chi connectivity index (χ3n) is 5.29. The molecule has 2 aliphatic heterocycles. The Morgan fingerprint density at radius 1 is 1.15 bits per heavy atom. The number of pyridine rings is 1. The first-order chi connectivity index (χ1) is 13.2. The Hall–Kier alpha value is -2.44.